The molecular weight excluding hydrogens is 575 g/mol. The highest BCUT2D eigenvalue weighted by Gasteiger charge is 2.39. The Bertz CT molecular complexity index is 2840. The second-order valence-electron chi connectivity index (χ2n) is 13.0. The Balaban J connectivity index is 1.54. The van der Waals surface area contributed by atoms with E-state index in [1.54, 1.807) is 4.57 Å². The lowest BCUT2D eigenvalue weighted by Crippen LogP contribution is -2.59. The van der Waals surface area contributed by atoms with Crippen LogP contribution in [0.25, 0.3) is 60.5 Å². The first kappa shape index (κ1) is 25.9. The van der Waals surface area contributed by atoms with Crippen molar-refractivity contribution in [1.29, 1.82) is 0 Å². The van der Waals surface area contributed by atoms with Gasteiger partial charge in [-0.05, 0) is 109 Å². The summed E-state index contributed by atoms with van der Waals surface area (Å²) in [5.74, 6) is -1.20. The fraction of sp³-hybridized carbons (Fsp3) is 0.103. The zero-order chi connectivity index (χ0) is 31.3. The molecule has 0 N–H and O–H groups in total. The van der Waals surface area contributed by atoms with Crippen molar-refractivity contribution in [1.82, 2.24) is 13.5 Å². The van der Waals surface area contributed by atoms with Crippen LogP contribution in [0.1, 0.15) is 22.3 Å². The third-order valence-corrected chi connectivity index (χ3v) is 10.6. The third-order valence-electron chi connectivity index (χ3n) is 10.6. The van der Waals surface area contributed by atoms with Gasteiger partial charge in [0, 0.05) is 27.3 Å². The minimum atomic E-state index is -0.736. The molecule has 6 aromatic carbocycles. The van der Waals surface area contributed by atoms with Gasteiger partial charge in [0.1, 0.15) is 11.6 Å². The number of hydrogen-bond acceptors (Lipinski definition) is 1. The molecule has 0 amide bonds. The predicted octanol–water partition coefficient (Wildman–Crippen LogP) is 6.71. The van der Waals surface area contributed by atoms with E-state index in [1.165, 1.54) is 18.2 Å². The summed E-state index contributed by atoms with van der Waals surface area (Å²) < 4.78 is 37.4. The predicted molar refractivity (Wildman–Crippen MR) is 185 cm³/mol. The van der Waals surface area contributed by atoms with Crippen LogP contribution in [-0.2, 0) is 0 Å². The van der Waals surface area contributed by atoms with Crippen LogP contribution in [-0.4, -0.2) is 20.2 Å². The Morgan fingerprint density at radius 1 is 0.609 bits per heavy atom. The van der Waals surface area contributed by atoms with Crippen molar-refractivity contribution in [2.45, 2.75) is 27.7 Å². The van der Waals surface area contributed by atoms with Crippen molar-refractivity contribution in [2.24, 2.45) is 0 Å². The largest absolute Gasteiger partial charge is 0.338 e. The number of aryl methyl sites for hydroxylation is 4. The molecule has 0 aliphatic carbocycles. The van der Waals surface area contributed by atoms with Gasteiger partial charge < -0.3 is 4.40 Å². The second-order valence-corrected chi connectivity index (χ2v) is 13.0. The second kappa shape index (κ2) is 8.43. The summed E-state index contributed by atoms with van der Waals surface area (Å²) in [5, 5.41) is 4.05. The highest BCUT2D eigenvalue weighted by molar-refractivity contribution is 6.98. The van der Waals surface area contributed by atoms with Crippen molar-refractivity contribution in [2.75, 3.05) is 0 Å². The molecule has 220 valence electrons. The van der Waals surface area contributed by atoms with E-state index < -0.39 is 18.3 Å². The highest BCUT2D eigenvalue weighted by Crippen LogP contribution is 2.43. The molecule has 0 saturated heterocycles. The molecule has 0 radical (unpaired) electrons. The Kier molecular flexibility index (Phi) is 4.74. The molecule has 7 heteroatoms. The molecule has 1 aromatic heterocycles. The zero-order valence-electron chi connectivity index (χ0n) is 25.7. The van der Waals surface area contributed by atoms with Crippen molar-refractivity contribution in [3.05, 3.63) is 129 Å². The number of benzene rings is 6. The average Bonchev–Trinajstić information content (AvgIpc) is 3.37. The lowest BCUT2D eigenvalue weighted by atomic mass is 9.35. The Morgan fingerprint density at radius 3 is 2.09 bits per heavy atom. The lowest BCUT2D eigenvalue weighted by Gasteiger charge is -2.32. The first-order valence-corrected chi connectivity index (χ1v) is 15.6. The van der Waals surface area contributed by atoms with Crippen molar-refractivity contribution >= 4 is 72.2 Å². The molecule has 0 bridgehead atoms. The molecule has 3 aliphatic rings. The molecule has 4 nitrogen and oxygen atoms in total. The lowest BCUT2D eigenvalue weighted by molar-refractivity contribution is 0.597. The summed E-state index contributed by atoms with van der Waals surface area (Å²) in [7, 11) is 0. The van der Waals surface area contributed by atoms with Crippen LogP contribution >= 0.6 is 0 Å². The SMILES string of the molecule is Cc1cc2c(cc1C)-n1c(=O)n3c4cc(C)c(C)cc4n4c5ccccc5c5cc6ccc(c1c6c-3c54)B2c1c(F)cccc1F. The topological polar surface area (TPSA) is 31.3 Å². The van der Waals surface area contributed by atoms with Gasteiger partial charge in [0.05, 0.1) is 33.3 Å². The van der Waals surface area contributed by atoms with Crippen molar-refractivity contribution in [3.8, 4) is 11.4 Å². The van der Waals surface area contributed by atoms with Crippen LogP contribution in [0.15, 0.2) is 89.7 Å². The summed E-state index contributed by atoms with van der Waals surface area (Å²) in [6.45, 7) is 7.45. The number of hydrogen-bond donors (Lipinski definition) is 0. The number of aromatic nitrogens is 3. The zero-order valence-corrected chi connectivity index (χ0v) is 25.7. The minimum absolute atomic E-state index is 0.00240. The van der Waals surface area contributed by atoms with Crippen molar-refractivity contribution < 1.29 is 8.78 Å². The molecule has 4 heterocycles. The van der Waals surface area contributed by atoms with E-state index in [0.29, 0.717) is 22.1 Å². The highest BCUT2D eigenvalue weighted by atomic mass is 19.1. The van der Waals surface area contributed by atoms with Gasteiger partial charge in [-0.25, -0.2) is 13.6 Å². The van der Waals surface area contributed by atoms with Gasteiger partial charge in [-0.1, -0.05) is 42.5 Å². The average molecular weight is 601 g/mol. The normalized spacial score (nSPS) is 13.0. The van der Waals surface area contributed by atoms with Crippen LogP contribution in [0.3, 0.4) is 0 Å². The van der Waals surface area contributed by atoms with E-state index in [2.05, 4.69) is 54.6 Å². The van der Waals surface area contributed by atoms with E-state index in [4.69, 9.17) is 0 Å². The number of fused-ring (bicyclic) bond motifs is 8. The summed E-state index contributed by atoms with van der Waals surface area (Å²) in [5.41, 5.74) is 11.4. The Morgan fingerprint density at radius 2 is 1.30 bits per heavy atom. The molecule has 3 aliphatic heterocycles. The number of para-hydroxylation sites is 1. The third kappa shape index (κ3) is 2.92. The minimum Gasteiger partial charge on any atom is -0.305 e. The van der Waals surface area contributed by atoms with Crippen molar-refractivity contribution in [3.63, 3.8) is 0 Å². The van der Waals surface area contributed by atoms with Gasteiger partial charge in [0.2, 0.25) is 0 Å². The maximum Gasteiger partial charge on any atom is 0.338 e. The molecule has 7 aromatic rings. The van der Waals surface area contributed by atoms with Crippen LogP contribution in [0.2, 0.25) is 0 Å². The smallest absolute Gasteiger partial charge is 0.305 e. The summed E-state index contributed by atoms with van der Waals surface area (Å²) in [4.78, 5) is 15.3. The standard InChI is InChI=1S/C39H26BF2N3O/c1-19-14-27-31(15-20(19)2)44-37-26(40(27)35-28(41)9-7-10-29(35)42)13-12-23-18-25-24-8-5-6-11-30(24)43-32-16-21(3)22(4)17-33(32)45(39(44)46)38(34(23)37)36(25)43/h5-18H,1-4H3. The fourth-order valence-corrected chi connectivity index (χ4v) is 8.25. The van der Waals surface area contributed by atoms with E-state index in [9.17, 15) is 0 Å². The molecule has 10 rings (SSSR count). The van der Waals surface area contributed by atoms with Gasteiger partial charge in [-0.15, -0.1) is 0 Å². The van der Waals surface area contributed by atoms with E-state index in [1.807, 2.05) is 48.7 Å². The summed E-state index contributed by atoms with van der Waals surface area (Å²) in [6.07, 6.45) is 0. The molecule has 0 atom stereocenters. The number of rotatable bonds is 1. The molecule has 0 saturated carbocycles. The number of halogens is 2. The van der Waals surface area contributed by atoms with E-state index >= 15 is 13.6 Å². The fourth-order valence-electron chi connectivity index (χ4n) is 8.25. The molecule has 0 spiro atoms. The molecular formula is C39H26BF2N3O. The Hall–Kier alpha value is -5.43. The van der Waals surface area contributed by atoms with Gasteiger partial charge >= 0.3 is 5.69 Å². The molecule has 0 unspecified atom stereocenters. The van der Waals surface area contributed by atoms with E-state index in [0.717, 1.165) is 71.6 Å². The van der Waals surface area contributed by atoms with E-state index in [-0.39, 0.29) is 11.2 Å². The van der Waals surface area contributed by atoms with Gasteiger partial charge in [0.25, 0.3) is 6.71 Å². The van der Waals surface area contributed by atoms with Crippen LogP contribution in [0, 0.1) is 39.3 Å². The van der Waals surface area contributed by atoms with Gasteiger partial charge in [-0.2, -0.15) is 0 Å². The monoisotopic (exact) mass is 601 g/mol. The quantitative estimate of drug-likeness (QED) is 0.117. The van der Waals surface area contributed by atoms with Crippen LogP contribution in [0.4, 0.5) is 8.78 Å². The van der Waals surface area contributed by atoms with Gasteiger partial charge in [-0.3, -0.25) is 9.13 Å². The summed E-state index contributed by atoms with van der Waals surface area (Å²) in [6, 6.07) is 26.9. The summed E-state index contributed by atoms with van der Waals surface area (Å²) >= 11 is 0. The number of nitrogens with zero attached hydrogens (tertiary/aromatic N) is 3. The first-order chi connectivity index (χ1) is 22.2. The molecule has 0 fully saturated rings. The maximum atomic E-state index is 15.7. The van der Waals surface area contributed by atoms with Gasteiger partial charge in [0.15, 0.2) is 0 Å². The van der Waals surface area contributed by atoms with Crippen LogP contribution in [0.5, 0.6) is 0 Å². The first-order valence-electron chi connectivity index (χ1n) is 15.6. The van der Waals surface area contributed by atoms with Crippen LogP contribution < -0.4 is 22.1 Å². The maximum absolute atomic E-state index is 15.7. The molecule has 46 heavy (non-hydrogen) atoms. The Labute approximate surface area is 262 Å².